The molecule has 0 heterocycles. The molecule has 5 heteroatoms. The van der Waals surface area contributed by atoms with Crippen LogP contribution in [0.25, 0.3) is 0 Å². The van der Waals surface area contributed by atoms with Gasteiger partial charge in [-0.05, 0) is 18.2 Å². The number of rotatable bonds is 3. The molecule has 0 fully saturated rings. The lowest BCUT2D eigenvalue weighted by atomic mass is 10.2. The lowest BCUT2D eigenvalue weighted by molar-refractivity contribution is -0.385. The van der Waals surface area contributed by atoms with E-state index in [0.29, 0.717) is 5.56 Å². The molecular weight excluding hydrogens is 234 g/mol. The van der Waals surface area contributed by atoms with Crippen molar-refractivity contribution in [2.45, 2.75) is 0 Å². The normalized spacial score (nSPS) is 9.78. The Labute approximate surface area is 103 Å². The molecule has 0 unspecified atom stereocenters. The van der Waals surface area contributed by atoms with E-state index in [1.807, 2.05) is 0 Å². The fourth-order valence-corrected chi connectivity index (χ4v) is 1.43. The third kappa shape index (κ3) is 2.52. The van der Waals surface area contributed by atoms with Gasteiger partial charge in [0.2, 0.25) is 5.75 Å². The van der Waals surface area contributed by atoms with Crippen LogP contribution in [0.2, 0.25) is 0 Å². The van der Waals surface area contributed by atoms with Crippen molar-refractivity contribution >= 4 is 11.7 Å². The van der Waals surface area contributed by atoms with Crippen LogP contribution in [0, 0.1) is 10.1 Å². The predicted octanol–water partition coefficient (Wildman–Crippen LogP) is 2.81. The number of nitrogens with zero attached hydrogens (tertiary/aromatic N) is 1. The van der Waals surface area contributed by atoms with E-state index in [9.17, 15) is 14.9 Å². The first-order chi connectivity index (χ1) is 8.68. The number of benzene rings is 2. The molecule has 0 N–H and O–H groups in total. The second-order valence-electron chi connectivity index (χ2n) is 3.48. The van der Waals surface area contributed by atoms with Crippen molar-refractivity contribution in [3.63, 3.8) is 0 Å². The van der Waals surface area contributed by atoms with Crippen LogP contribution in [0.15, 0.2) is 54.6 Å². The largest absolute Gasteiger partial charge is 0.416 e. The Morgan fingerprint density at radius 3 is 2.28 bits per heavy atom. The van der Waals surface area contributed by atoms with Crippen molar-refractivity contribution in [1.29, 1.82) is 0 Å². The molecule has 2 rings (SSSR count). The van der Waals surface area contributed by atoms with Crippen LogP contribution in [0.5, 0.6) is 5.75 Å². The van der Waals surface area contributed by atoms with Gasteiger partial charge in [-0.15, -0.1) is 0 Å². The molecule has 5 nitrogen and oxygen atoms in total. The van der Waals surface area contributed by atoms with Crippen LogP contribution in [-0.2, 0) is 0 Å². The van der Waals surface area contributed by atoms with E-state index in [0.717, 1.165) is 0 Å². The Balaban J connectivity index is 2.25. The molecule has 2 aromatic rings. The predicted molar refractivity (Wildman–Crippen MR) is 64.5 cm³/mol. The van der Waals surface area contributed by atoms with Gasteiger partial charge < -0.3 is 4.74 Å². The summed E-state index contributed by atoms with van der Waals surface area (Å²) in [4.78, 5) is 21.9. The molecule has 18 heavy (non-hydrogen) atoms. The molecule has 0 amide bonds. The number of ether oxygens (including phenoxy) is 1. The summed E-state index contributed by atoms with van der Waals surface area (Å²) < 4.78 is 5.01. The maximum atomic E-state index is 11.7. The summed E-state index contributed by atoms with van der Waals surface area (Å²) in [5.41, 5.74) is 0.109. The smallest absolute Gasteiger partial charge is 0.343 e. The molecule has 0 saturated heterocycles. The monoisotopic (exact) mass is 243 g/mol. The third-order valence-electron chi connectivity index (χ3n) is 2.27. The Kier molecular flexibility index (Phi) is 3.33. The quantitative estimate of drug-likeness (QED) is 0.359. The molecular formula is C13H9NO4. The zero-order valence-electron chi connectivity index (χ0n) is 9.28. The van der Waals surface area contributed by atoms with Gasteiger partial charge in [0.25, 0.3) is 0 Å². The van der Waals surface area contributed by atoms with E-state index in [1.54, 1.807) is 36.4 Å². The Morgan fingerprint density at radius 2 is 1.61 bits per heavy atom. The first kappa shape index (κ1) is 11.8. The standard InChI is InChI=1S/C13H9NO4/c15-13(10-6-2-1-3-7-10)18-12-9-5-4-8-11(12)14(16)17/h1-9H. The first-order valence-corrected chi connectivity index (χ1v) is 5.19. The van der Waals surface area contributed by atoms with Gasteiger partial charge in [-0.25, -0.2) is 4.79 Å². The molecule has 0 saturated carbocycles. The van der Waals surface area contributed by atoms with Crippen molar-refractivity contribution in [2.75, 3.05) is 0 Å². The summed E-state index contributed by atoms with van der Waals surface area (Å²) in [6.45, 7) is 0. The van der Waals surface area contributed by atoms with Crippen LogP contribution in [0.3, 0.4) is 0 Å². The summed E-state index contributed by atoms with van der Waals surface area (Å²) in [6.07, 6.45) is 0. The second kappa shape index (κ2) is 5.09. The molecule has 90 valence electrons. The Bertz CT molecular complexity index is 581. The minimum absolute atomic E-state index is 0.0589. The van der Waals surface area contributed by atoms with Gasteiger partial charge in [0, 0.05) is 6.07 Å². The van der Waals surface area contributed by atoms with Gasteiger partial charge in [-0.3, -0.25) is 10.1 Å². The lowest BCUT2D eigenvalue weighted by Gasteiger charge is -2.04. The van der Waals surface area contributed by atoms with E-state index in [-0.39, 0.29) is 11.4 Å². The molecule has 0 aromatic heterocycles. The summed E-state index contributed by atoms with van der Waals surface area (Å²) in [5.74, 6) is -0.679. The van der Waals surface area contributed by atoms with E-state index in [2.05, 4.69) is 0 Å². The van der Waals surface area contributed by atoms with Crippen LogP contribution in [0.1, 0.15) is 10.4 Å². The molecule has 0 aliphatic carbocycles. The van der Waals surface area contributed by atoms with E-state index in [1.165, 1.54) is 18.2 Å². The molecule has 0 aliphatic heterocycles. The fraction of sp³-hybridized carbons (Fsp3) is 0. The zero-order chi connectivity index (χ0) is 13.0. The van der Waals surface area contributed by atoms with Crippen LogP contribution >= 0.6 is 0 Å². The molecule has 0 bridgehead atoms. The number of nitro groups is 1. The number of esters is 1. The Morgan fingerprint density at radius 1 is 1.00 bits per heavy atom. The first-order valence-electron chi connectivity index (χ1n) is 5.19. The highest BCUT2D eigenvalue weighted by Crippen LogP contribution is 2.26. The number of nitro benzene ring substituents is 1. The Hall–Kier alpha value is -2.69. The highest BCUT2D eigenvalue weighted by atomic mass is 16.6. The van der Waals surface area contributed by atoms with Crippen molar-refractivity contribution in [3.8, 4) is 5.75 Å². The lowest BCUT2D eigenvalue weighted by Crippen LogP contribution is -2.09. The minimum Gasteiger partial charge on any atom is -0.416 e. The molecule has 0 aliphatic rings. The van der Waals surface area contributed by atoms with Gasteiger partial charge in [-0.1, -0.05) is 30.3 Å². The number of carbonyl (C=O) groups is 1. The summed E-state index contributed by atoms with van der Waals surface area (Å²) in [5, 5.41) is 10.8. The summed E-state index contributed by atoms with van der Waals surface area (Å²) >= 11 is 0. The number of hydrogen-bond acceptors (Lipinski definition) is 4. The van der Waals surface area contributed by atoms with Gasteiger partial charge in [0.05, 0.1) is 10.5 Å². The average Bonchev–Trinajstić information content (AvgIpc) is 2.40. The van der Waals surface area contributed by atoms with Crippen LogP contribution in [-0.4, -0.2) is 10.9 Å². The maximum Gasteiger partial charge on any atom is 0.343 e. The maximum absolute atomic E-state index is 11.7. The second-order valence-corrected chi connectivity index (χ2v) is 3.48. The van der Waals surface area contributed by atoms with Gasteiger partial charge in [-0.2, -0.15) is 0 Å². The van der Waals surface area contributed by atoms with E-state index >= 15 is 0 Å². The van der Waals surface area contributed by atoms with Crippen molar-refractivity contribution in [2.24, 2.45) is 0 Å². The van der Waals surface area contributed by atoms with Crippen LogP contribution < -0.4 is 4.74 Å². The fourth-order valence-electron chi connectivity index (χ4n) is 1.43. The molecule has 0 atom stereocenters. The van der Waals surface area contributed by atoms with Crippen molar-refractivity contribution < 1.29 is 14.5 Å². The van der Waals surface area contributed by atoms with Crippen LogP contribution in [0.4, 0.5) is 5.69 Å². The third-order valence-corrected chi connectivity index (χ3v) is 2.27. The highest BCUT2D eigenvalue weighted by molar-refractivity contribution is 5.91. The number of hydrogen-bond donors (Lipinski definition) is 0. The van der Waals surface area contributed by atoms with Crippen molar-refractivity contribution in [1.82, 2.24) is 0 Å². The van der Waals surface area contributed by atoms with Crippen molar-refractivity contribution in [3.05, 3.63) is 70.3 Å². The molecule has 2 aromatic carbocycles. The summed E-state index contributed by atoms with van der Waals surface area (Å²) in [7, 11) is 0. The average molecular weight is 243 g/mol. The molecule has 0 spiro atoms. The summed E-state index contributed by atoms with van der Waals surface area (Å²) in [6, 6.07) is 14.1. The van der Waals surface area contributed by atoms with E-state index < -0.39 is 10.9 Å². The number of para-hydroxylation sites is 2. The van der Waals surface area contributed by atoms with E-state index in [4.69, 9.17) is 4.74 Å². The zero-order valence-corrected chi connectivity index (χ0v) is 9.28. The minimum atomic E-state index is -0.620. The van der Waals surface area contributed by atoms with Gasteiger partial charge in [0.1, 0.15) is 0 Å². The van der Waals surface area contributed by atoms with Gasteiger partial charge in [0.15, 0.2) is 0 Å². The number of carbonyl (C=O) groups excluding carboxylic acids is 1. The van der Waals surface area contributed by atoms with Gasteiger partial charge >= 0.3 is 11.7 Å². The topological polar surface area (TPSA) is 69.4 Å². The highest BCUT2D eigenvalue weighted by Gasteiger charge is 2.17. The molecule has 0 radical (unpaired) electrons. The SMILES string of the molecule is O=C(Oc1ccccc1[N+](=O)[O-])c1ccccc1.